The third-order valence-electron chi connectivity index (χ3n) is 5.22. The number of carbonyl (C=O) groups excluding carboxylic acids is 2. The van der Waals surface area contributed by atoms with Gasteiger partial charge >= 0.3 is 6.03 Å². The predicted molar refractivity (Wildman–Crippen MR) is 97.4 cm³/mol. The highest BCUT2D eigenvalue weighted by Gasteiger charge is 2.44. The molecule has 1 aromatic rings. The monoisotopic (exact) mass is 361 g/mol. The first-order valence-electron chi connectivity index (χ1n) is 8.97. The zero-order chi connectivity index (χ0) is 18.9. The SMILES string of the molecule is COc1ccc([C@@H]2CCCN2CCN2C(=O)NC(C)(C)C2=O)c(OC)c1. The lowest BCUT2D eigenvalue weighted by molar-refractivity contribution is -0.130. The van der Waals surface area contributed by atoms with Crippen molar-refractivity contribution < 1.29 is 19.1 Å². The average molecular weight is 361 g/mol. The molecule has 0 bridgehead atoms. The molecule has 1 atom stereocenters. The minimum Gasteiger partial charge on any atom is -0.497 e. The number of likely N-dealkylation sites (tertiary alicyclic amines) is 1. The van der Waals surface area contributed by atoms with Gasteiger partial charge in [0.25, 0.3) is 5.91 Å². The Morgan fingerprint density at radius 1 is 1.19 bits per heavy atom. The van der Waals surface area contributed by atoms with E-state index >= 15 is 0 Å². The normalized spacial score (nSPS) is 22.6. The van der Waals surface area contributed by atoms with Crippen LogP contribution in [0.4, 0.5) is 4.79 Å². The number of nitrogens with zero attached hydrogens (tertiary/aromatic N) is 2. The molecule has 0 aromatic heterocycles. The lowest BCUT2D eigenvalue weighted by Crippen LogP contribution is -2.41. The fourth-order valence-corrected chi connectivity index (χ4v) is 3.79. The predicted octanol–water partition coefficient (Wildman–Crippen LogP) is 2.17. The first-order valence-corrected chi connectivity index (χ1v) is 8.97. The van der Waals surface area contributed by atoms with Crippen LogP contribution in [0.1, 0.15) is 38.3 Å². The van der Waals surface area contributed by atoms with E-state index in [2.05, 4.69) is 10.2 Å². The Bertz CT molecular complexity index is 704. The third-order valence-corrected chi connectivity index (χ3v) is 5.22. The van der Waals surface area contributed by atoms with E-state index in [1.165, 1.54) is 4.90 Å². The summed E-state index contributed by atoms with van der Waals surface area (Å²) < 4.78 is 10.8. The van der Waals surface area contributed by atoms with Crippen molar-refractivity contribution in [2.24, 2.45) is 0 Å². The summed E-state index contributed by atoms with van der Waals surface area (Å²) in [4.78, 5) is 28.1. The number of nitrogens with one attached hydrogen (secondary N) is 1. The molecule has 2 fully saturated rings. The fraction of sp³-hybridized carbons (Fsp3) is 0.579. The first-order chi connectivity index (χ1) is 12.4. The van der Waals surface area contributed by atoms with Gasteiger partial charge in [0.1, 0.15) is 17.0 Å². The zero-order valence-electron chi connectivity index (χ0n) is 15.9. The van der Waals surface area contributed by atoms with Crippen LogP contribution in [0, 0.1) is 0 Å². The molecule has 3 amide bonds. The molecule has 26 heavy (non-hydrogen) atoms. The van der Waals surface area contributed by atoms with Crippen LogP contribution in [-0.4, -0.2) is 61.1 Å². The summed E-state index contributed by atoms with van der Waals surface area (Å²) in [6, 6.07) is 5.78. The Labute approximate surface area is 154 Å². The molecule has 0 aliphatic carbocycles. The summed E-state index contributed by atoms with van der Waals surface area (Å²) in [5.41, 5.74) is 0.295. The number of imide groups is 1. The maximum absolute atomic E-state index is 12.4. The highest BCUT2D eigenvalue weighted by Crippen LogP contribution is 2.38. The summed E-state index contributed by atoms with van der Waals surface area (Å²) in [7, 11) is 3.29. The number of hydrogen-bond acceptors (Lipinski definition) is 5. The summed E-state index contributed by atoms with van der Waals surface area (Å²) in [6.07, 6.45) is 2.10. The fourth-order valence-electron chi connectivity index (χ4n) is 3.79. The smallest absolute Gasteiger partial charge is 0.325 e. The van der Waals surface area contributed by atoms with Crippen molar-refractivity contribution in [3.05, 3.63) is 23.8 Å². The van der Waals surface area contributed by atoms with Crippen molar-refractivity contribution in [3.8, 4) is 11.5 Å². The van der Waals surface area contributed by atoms with Crippen molar-refractivity contribution >= 4 is 11.9 Å². The van der Waals surface area contributed by atoms with Crippen molar-refractivity contribution in [3.63, 3.8) is 0 Å². The molecule has 0 unspecified atom stereocenters. The van der Waals surface area contributed by atoms with E-state index in [-0.39, 0.29) is 18.0 Å². The molecular formula is C19H27N3O4. The summed E-state index contributed by atoms with van der Waals surface area (Å²) in [5.74, 6) is 1.40. The van der Waals surface area contributed by atoms with Crippen LogP contribution in [0.15, 0.2) is 18.2 Å². The van der Waals surface area contributed by atoms with Gasteiger partial charge in [-0.1, -0.05) is 6.07 Å². The molecule has 1 aromatic carbocycles. The van der Waals surface area contributed by atoms with Crippen molar-refractivity contribution in [1.82, 2.24) is 15.1 Å². The van der Waals surface area contributed by atoms with Crippen LogP contribution in [-0.2, 0) is 4.79 Å². The van der Waals surface area contributed by atoms with Gasteiger partial charge in [0, 0.05) is 30.8 Å². The molecule has 0 saturated carbocycles. The highest BCUT2D eigenvalue weighted by molar-refractivity contribution is 6.06. The molecule has 0 spiro atoms. The Balaban J connectivity index is 1.71. The molecular weight excluding hydrogens is 334 g/mol. The van der Waals surface area contributed by atoms with Gasteiger partial charge in [0.15, 0.2) is 0 Å². The summed E-state index contributed by atoms with van der Waals surface area (Å²) >= 11 is 0. The van der Waals surface area contributed by atoms with Gasteiger partial charge in [-0.25, -0.2) is 4.79 Å². The number of ether oxygens (including phenoxy) is 2. The lowest BCUT2D eigenvalue weighted by atomic mass is 10.0. The van der Waals surface area contributed by atoms with Gasteiger partial charge < -0.3 is 14.8 Å². The Kier molecular flexibility index (Phi) is 5.09. The summed E-state index contributed by atoms with van der Waals surface area (Å²) in [6.45, 7) is 5.44. The Hall–Kier alpha value is -2.28. The topological polar surface area (TPSA) is 71.1 Å². The quantitative estimate of drug-likeness (QED) is 0.787. The minimum absolute atomic E-state index is 0.166. The van der Waals surface area contributed by atoms with Gasteiger partial charge in [0.05, 0.1) is 14.2 Å². The second-order valence-electron chi connectivity index (χ2n) is 7.31. The van der Waals surface area contributed by atoms with Crippen LogP contribution in [0.5, 0.6) is 11.5 Å². The van der Waals surface area contributed by atoms with Crippen LogP contribution in [0.2, 0.25) is 0 Å². The van der Waals surface area contributed by atoms with Crippen LogP contribution in [0.25, 0.3) is 0 Å². The van der Waals surface area contributed by atoms with Crippen LogP contribution in [0.3, 0.4) is 0 Å². The van der Waals surface area contributed by atoms with E-state index in [1.807, 2.05) is 18.2 Å². The van der Waals surface area contributed by atoms with Crippen LogP contribution < -0.4 is 14.8 Å². The van der Waals surface area contributed by atoms with Crippen molar-refractivity contribution in [2.75, 3.05) is 33.9 Å². The van der Waals surface area contributed by atoms with E-state index in [9.17, 15) is 9.59 Å². The summed E-state index contributed by atoms with van der Waals surface area (Å²) in [5, 5.41) is 2.73. The number of amides is 3. The van der Waals surface area contributed by atoms with Crippen molar-refractivity contribution in [2.45, 2.75) is 38.3 Å². The van der Waals surface area contributed by atoms with Gasteiger partial charge in [-0.05, 0) is 39.3 Å². The molecule has 142 valence electrons. The number of carbonyl (C=O) groups is 2. The average Bonchev–Trinajstić information content (AvgIpc) is 3.15. The number of rotatable bonds is 6. The maximum Gasteiger partial charge on any atom is 0.325 e. The lowest BCUT2D eigenvalue weighted by Gasteiger charge is -2.27. The van der Waals surface area contributed by atoms with E-state index in [0.717, 1.165) is 36.4 Å². The van der Waals surface area contributed by atoms with E-state index in [1.54, 1.807) is 28.1 Å². The highest BCUT2D eigenvalue weighted by atomic mass is 16.5. The van der Waals surface area contributed by atoms with Crippen molar-refractivity contribution in [1.29, 1.82) is 0 Å². The first kappa shape index (κ1) is 18.5. The second kappa shape index (κ2) is 7.15. The molecule has 2 saturated heterocycles. The maximum atomic E-state index is 12.4. The third kappa shape index (κ3) is 3.35. The molecule has 3 rings (SSSR count). The minimum atomic E-state index is -0.819. The molecule has 2 aliphatic rings. The molecule has 2 heterocycles. The standard InChI is InChI=1S/C19H27N3O4/c1-19(2)17(23)22(18(24)20-19)11-10-21-9-5-6-15(21)14-8-7-13(25-3)12-16(14)26-4/h7-8,12,15H,5-6,9-11H2,1-4H3,(H,20,24)/t15-/m0/s1. The van der Waals surface area contributed by atoms with E-state index in [4.69, 9.17) is 9.47 Å². The molecule has 2 aliphatic heterocycles. The van der Waals surface area contributed by atoms with Gasteiger partial charge in [-0.15, -0.1) is 0 Å². The number of benzene rings is 1. The zero-order valence-corrected chi connectivity index (χ0v) is 15.9. The molecule has 7 nitrogen and oxygen atoms in total. The molecule has 0 radical (unpaired) electrons. The number of hydrogen-bond donors (Lipinski definition) is 1. The van der Waals surface area contributed by atoms with Gasteiger partial charge in [-0.3, -0.25) is 14.6 Å². The van der Waals surface area contributed by atoms with Crippen LogP contribution >= 0.6 is 0 Å². The van der Waals surface area contributed by atoms with E-state index in [0.29, 0.717) is 13.1 Å². The molecule has 1 N–H and O–H groups in total. The largest absolute Gasteiger partial charge is 0.497 e. The number of urea groups is 1. The second-order valence-corrected chi connectivity index (χ2v) is 7.31. The van der Waals surface area contributed by atoms with Gasteiger partial charge in [0.2, 0.25) is 0 Å². The van der Waals surface area contributed by atoms with E-state index < -0.39 is 5.54 Å². The number of methoxy groups -OCH3 is 2. The van der Waals surface area contributed by atoms with Gasteiger partial charge in [-0.2, -0.15) is 0 Å². The Morgan fingerprint density at radius 3 is 2.58 bits per heavy atom. The molecule has 7 heteroatoms. The Morgan fingerprint density at radius 2 is 1.96 bits per heavy atom.